The van der Waals surface area contributed by atoms with E-state index in [-0.39, 0.29) is 12.0 Å². The first-order valence-electron chi connectivity index (χ1n) is 12.8. The predicted molar refractivity (Wildman–Crippen MR) is 148 cm³/mol. The second-order valence-corrected chi connectivity index (χ2v) is 12.8. The summed E-state index contributed by atoms with van der Waals surface area (Å²) in [5, 5.41) is 2.30. The number of hydrogen-bond donors (Lipinski definition) is 1. The monoisotopic (exact) mass is 580 g/mol. The van der Waals surface area contributed by atoms with Crippen LogP contribution in [0.1, 0.15) is 49.7 Å². The first-order valence-corrected chi connectivity index (χ1v) is 14.4. The molecule has 6 nitrogen and oxygen atoms in total. The van der Waals surface area contributed by atoms with Crippen LogP contribution in [0, 0.1) is 17.8 Å². The molecule has 1 N–H and O–H groups in total. The summed E-state index contributed by atoms with van der Waals surface area (Å²) in [5.74, 6) is 2.27. The number of anilines is 1. The molecule has 4 aliphatic carbocycles. The van der Waals surface area contributed by atoms with Crippen LogP contribution in [-0.2, 0) is 15.0 Å². The minimum absolute atomic E-state index is 0.215. The topological polar surface area (TPSA) is 75.7 Å². The van der Waals surface area contributed by atoms with E-state index in [4.69, 9.17) is 4.74 Å². The fourth-order valence-electron chi connectivity index (χ4n) is 7.31. The molecule has 1 aliphatic heterocycles. The van der Waals surface area contributed by atoms with Gasteiger partial charge in [0, 0.05) is 10.0 Å². The van der Waals surface area contributed by atoms with Crippen LogP contribution in [0.3, 0.4) is 0 Å². The molecule has 4 saturated carbocycles. The number of methoxy groups -OCH3 is 1. The third kappa shape index (κ3) is 4.63. The van der Waals surface area contributed by atoms with Gasteiger partial charge in [-0.25, -0.2) is 0 Å². The molecule has 1 saturated heterocycles. The van der Waals surface area contributed by atoms with Crippen LogP contribution < -0.4 is 10.1 Å². The van der Waals surface area contributed by atoms with E-state index >= 15 is 0 Å². The van der Waals surface area contributed by atoms with Gasteiger partial charge in [-0.3, -0.25) is 19.3 Å². The normalized spacial score (nSPS) is 29.3. The number of nitrogens with one attached hydrogen (secondary N) is 1. The first-order chi connectivity index (χ1) is 17.8. The minimum Gasteiger partial charge on any atom is -0.496 e. The van der Waals surface area contributed by atoms with Crippen molar-refractivity contribution in [2.24, 2.45) is 17.8 Å². The van der Waals surface area contributed by atoms with E-state index in [2.05, 4.69) is 33.4 Å². The summed E-state index contributed by atoms with van der Waals surface area (Å²) >= 11 is 4.26. The molecular weight excluding hydrogens is 552 g/mol. The summed E-state index contributed by atoms with van der Waals surface area (Å²) in [7, 11) is 1.62. The third-order valence-corrected chi connectivity index (χ3v) is 10.1. The summed E-state index contributed by atoms with van der Waals surface area (Å²) in [4.78, 5) is 39.8. The maximum Gasteiger partial charge on any atom is 0.294 e. The van der Waals surface area contributed by atoms with E-state index in [1.165, 1.54) is 44.1 Å². The molecule has 1 heterocycles. The van der Waals surface area contributed by atoms with Gasteiger partial charge in [0.2, 0.25) is 5.91 Å². The van der Waals surface area contributed by atoms with E-state index in [1.807, 2.05) is 18.2 Å². The number of thioether (sulfide) groups is 1. The van der Waals surface area contributed by atoms with Gasteiger partial charge in [0.15, 0.2) is 0 Å². The second-order valence-electron chi connectivity index (χ2n) is 11.0. The van der Waals surface area contributed by atoms with Crippen LogP contribution in [0.4, 0.5) is 10.5 Å². The lowest BCUT2D eigenvalue weighted by atomic mass is 9.48. The standard InChI is InChI=1S/C29H29BrN2O4S/c1-36-24-7-6-21(29-13-17-8-18(14-29)10-19(9-17)15-29)11-20(24)12-25-27(34)32(28(35)37-25)16-26(33)31-23-5-3-2-4-22(23)30/h2-7,11-12,17-19H,8-10,13-16H2,1H3,(H,31,33)/b25-12+. The van der Waals surface area contributed by atoms with Gasteiger partial charge in [-0.2, -0.15) is 0 Å². The Hall–Kier alpha value is -2.58. The third-order valence-electron chi connectivity index (χ3n) is 8.49. The van der Waals surface area contributed by atoms with Gasteiger partial charge in [-0.15, -0.1) is 0 Å². The highest BCUT2D eigenvalue weighted by Gasteiger charge is 2.51. The van der Waals surface area contributed by atoms with E-state index in [0.29, 0.717) is 16.3 Å². The Balaban J connectivity index is 1.23. The van der Waals surface area contributed by atoms with Gasteiger partial charge in [0.25, 0.3) is 11.1 Å². The van der Waals surface area contributed by atoms with E-state index in [9.17, 15) is 14.4 Å². The average Bonchev–Trinajstić information content (AvgIpc) is 3.12. The van der Waals surface area contributed by atoms with Gasteiger partial charge in [0.05, 0.1) is 17.7 Å². The van der Waals surface area contributed by atoms with Crippen molar-refractivity contribution in [1.82, 2.24) is 4.90 Å². The number of hydrogen-bond acceptors (Lipinski definition) is 5. The number of benzene rings is 2. The van der Waals surface area contributed by atoms with Gasteiger partial charge in [-0.1, -0.05) is 18.2 Å². The molecule has 4 bridgehead atoms. The quantitative estimate of drug-likeness (QED) is 0.389. The molecule has 37 heavy (non-hydrogen) atoms. The Labute approximate surface area is 229 Å². The van der Waals surface area contributed by atoms with E-state index in [0.717, 1.165) is 44.5 Å². The SMILES string of the molecule is COc1ccc(C23CC4CC(CC(C4)C2)C3)cc1/C=C1/SC(=O)N(CC(=O)Nc2ccccc2Br)C1=O. The van der Waals surface area contributed by atoms with Crippen LogP contribution >= 0.6 is 27.7 Å². The number of para-hydroxylation sites is 1. The molecule has 0 radical (unpaired) electrons. The molecule has 5 fully saturated rings. The predicted octanol–water partition coefficient (Wildman–Crippen LogP) is 6.60. The summed E-state index contributed by atoms with van der Waals surface area (Å²) in [5.41, 5.74) is 2.93. The molecule has 2 aromatic rings. The lowest BCUT2D eigenvalue weighted by Crippen LogP contribution is -2.48. The van der Waals surface area contributed by atoms with Crippen molar-refractivity contribution in [1.29, 1.82) is 0 Å². The number of imide groups is 1. The summed E-state index contributed by atoms with van der Waals surface area (Å²) in [6.07, 6.45) is 9.62. The van der Waals surface area contributed by atoms with Crippen LogP contribution in [0.15, 0.2) is 51.8 Å². The first kappa shape index (κ1) is 24.7. The Kier molecular flexibility index (Phi) is 6.43. The highest BCUT2D eigenvalue weighted by molar-refractivity contribution is 9.10. The number of ether oxygens (including phenoxy) is 1. The Morgan fingerprint density at radius 3 is 2.43 bits per heavy atom. The zero-order valence-electron chi connectivity index (χ0n) is 20.7. The number of halogens is 1. The van der Waals surface area contributed by atoms with Crippen LogP contribution in [0.25, 0.3) is 6.08 Å². The number of carbonyl (C=O) groups excluding carboxylic acids is 3. The molecule has 0 spiro atoms. The zero-order chi connectivity index (χ0) is 25.7. The van der Waals surface area contributed by atoms with Crippen molar-refractivity contribution >= 4 is 56.5 Å². The largest absolute Gasteiger partial charge is 0.496 e. The molecular formula is C29H29BrN2O4S. The Morgan fingerprint density at radius 2 is 1.78 bits per heavy atom. The fraction of sp³-hybridized carbons (Fsp3) is 0.414. The molecule has 0 atom stereocenters. The molecule has 8 heteroatoms. The van der Waals surface area contributed by atoms with Crippen LogP contribution in [-0.4, -0.2) is 35.6 Å². The lowest BCUT2D eigenvalue weighted by Gasteiger charge is -2.57. The van der Waals surface area contributed by atoms with Gasteiger partial charge >= 0.3 is 0 Å². The Morgan fingerprint density at radius 1 is 1.11 bits per heavy atom. The van der Waals surface area contributed by atoms with E-state index < -0.39 is 17.1 Å². The Bertz CT molecular complexity index is 1290. The molecule has 5 aliphatic rings. The summed E-state index contributed by atoms with van der Waals surface area (Å²) in [6, 6.07) is 13.6. The summed E-state index contributed by atoms with van der Waals surface area (Å²) < 4.78 is 6.35. The number of rotatable bonds is 6. The van der Waals surface area contributed by atoms with Crippen LogP contribution in [0.2, 0.25) is 0 Å². The minimum atomic E-state index is -0.459. The highest BCUT2D eigenvalue weighted by atomic mass is 79.9. The van der Waals surface area contributed by atoms with Crippen molar-refractivity contribution < 1.29 is 19.1 Å². The highest BCUT2D eigenvalue weighted by Crippen LogP contribution is 2.61. The average molecular weight is 582 g/mol. The van der Waals surface area contributed by atoms with Gasteiger partial charge in [-0.05, 0) is 125 Å². The molecule has 7 rings (SSSR count). The summed E-state index contributed by atoms with van der Waals surface area (Å²) in [6.45, 7) is -0.339. The molecule has 3 amide bonds. The lowest BCUT2D eigenvalue weighted by molar-refractivity contribution is -0.127. The molecule has 192 valence electrons. The fourth-order valence-corrected chi connectivity index (χ4v) is 8.53. The van der Waals surface area contributed by atoms with Gasteiger partial charge in [0.1, 0.15) is 12.3 Å². The van der Waals surface area contributed by atoms with Crippen molar-refractivity contribution in [3.05, 3.63) is 63.0 Å². The molecule has 2 aromatic carbocycles. The van der Waals surface area contributed by atoms with Crippen molar-refractivity contribution in [3.63, 3.8) is 0 Å². The van der Waals surface area contributed by atoms with Crippen molar-refractivity contribution in [2.45, 2.75) is 43.9 Å². The number of amides is 3. The molecule has 0 unspecified atom stereocenters. The van der Waals surface area contributed by atoms with Crippen molar-refractivity contribution in [3.8, 4) is 5.75 Å². The number of carbonyl (C=O) groups is 3. The maximum atomic E-state index is 13.2. The van der Waals surface area contributed by atoms with Crippen LogP contribution in [0.5, 0.6) is 5.75 Å². The molecule has 0 aromatic heterocycles. The smallest absolute Gasteiger partial charge is 0.294 e. The van der Waals surface area contributed by atoms with Crippen molar-refractivity contribution in [2.75, 3.05) is 19.0 Å². The second kappa shape index (κ2) is 9.62. The van der Waals surface area contributed by atoms with Gasteiger partial charge < -0.3 is 10.1 Å². The maximum absolute atomic E-state index is 13.2. The van der Waals surface area contributed by atoms with E-state index in [1.54, 1.807) is 25.3 Å². The number of nitrogens with zero attached hydrogens (tertiary/aromatic N) is 1. The zero-order valence-corrected chi connectivity index (χ0v) is 23.1.